The van der Waals surface area contributed by atoms with E-state index in [1.807, 2.05) is 4.90 Å². The van der Waals surface area contributed by atoms with Crippen molar-refractivity contribution in [2.45, 2.75) is 30.9 Å². The summed E-state index contributed by atoms with van der Waals surface area (Å²) in [6.07, 6.45) is 2.02. The summed E-state index contributed by atoms with van der Waals surface area (Å²) in [6, 6.07) is 12.4. The highest BCUT2D eigenvalue weighted by atomic mass is 35.5. The number of anilines is 1. The van der Waals surface area contributed by atoms with Crippen LogP contribution in [0.2, 0.25) is 5.02 Å². The summed E-state index contributed by atoms with van der Waals surface area (Å²) in [6.45, 7) is 1.73. The second kappa shape index (κ2) is 11.0. The number of hydrogen-bond acceptors (Lipinski definition) is 5. The maximum absolute atomic E-state index is 13.2. The summed E-state index contributed by atoms with van der Waals surface area (Å²) in [4.78, 5) is 45.6. The first-order valence-corrected chi connectivity index (χ1v) is 12.3. The van der Waals surface area contributed by atoms with Gasteiger partial charge in [-0.1, -0.05) is 23.4 Å². The highest BCUT2D eigenvalue weighted by molar-refractivity contribution is 8.15. The number of likely N-dealkylation sites (tertiary alicyclic amines) is 1. The second-order valence-electron chi connectivity index (χ2n) is 8.06. The minimum Gasteiger partial charge on any atom is -0.343 e. The van der Waals surface area contributed by atoms with E-state index in [1.54, 1.807) is 29.2 Å². The molecule has 0 saturated carbocycles. The lowest BCUT2D eigenvalue weighted by Crippen LogP contribution is -2.36. The van der Waals surface area contributed by atoms with Gasteiger partial charge in [0.1, 0.15) is 11.1 Å². The molecule has 2 aromatic carbocycles. The number of carbonyl (C=O) groups excluding carboxylic acids is 3. The molecule has 0 spiro atoms. The van der Waals surface area contributed by atoms with Gasteiger partial charge in [-0.3, -0.25) is 19.3 Å². The van der Waals surface area contributed by atoms with Crippen LogP contribution in [0.3, 0.4) is 0 Å². The lowest BCUT2D eigenvalue weighted by Gasteiger charge is -2.20. The minimum atomic E-state index is -0.625. The van der Waals surface area contributed by atoms with Gasteiger partial charge in [-0.25, -0.2) is 9.38 Å². The normalized spacial score (nSPS) is 19.4. The van der Waals surface area contributed by atoms with Gasteiger partial charge in [-0.15, -0.1) is 0 Å². The minimum absolute atomic E-state index is 0.0401. The summed E-state index contributed by atoms with van der Waals surface area (Å²) in [7, 11) is 0. The average Bonchev–Trinajstić information content (AvgIpc) is 3.34. The molecule has 2 heterocycles. The predicted octanol–water partition coefficient (Wildman–Crippen LogP) is 4.45. The lowest BCUT2D eigenvalue weighted by molar-refractivity contribution is -0.128. The average molecular weight is 503 g/mol. The van der Waals surface area contributed by atoms with Gasteiger partial charge in [0.2, 0.25) is 17.7 Å². The highest BCUT2D eigenvalue weighted by Crippen LogP contribution is 2.32. The van der Waals surface area contributed by atoms with E-state index in [9.17, 15) is 18.8 Å². The number of nitrogens with one attached hydrogen (secondary N) is 1. The van der Waals surface area contributed by atoms with Gasteiger partial charge >= 0.3 is 0 Å². The molecule has 1 atom stereocenters. The third kappa shape index (κ3) is 6.15. The molecule has 178 valence electrons. The smallest absolute Gasteiger partial charge is 0.242 e. The Morgan fingerprint density at radius 3 is 2.53 bits per heavy atom. The van der Waals surface area contributed by atoms with Crippen molar-refractivity contribution in [3.8, 4) is 0 Å². The van der Waals surface area contributed by atoms with Crippen molar-refractivity contribution in [3.63, 3.8) is 0 Å². The van der Waals surface area contributed by atoms with Crippen LogP contribution in [0.5, 0.6) is 0 Å². The van der Waals surface area contributed by atoms with E-state index in [0.29, 0.717) is 47.5 Å². The molecule has 0 aliphatic carbocycles. The van der Waals surface area contributed by atoms with Crippen LogP contribution in [-0.2, 0) is 14.4 Å². The number of rotatable bonds is 8. The molecule has 2 fully saturated rings. The van der Waals surface area contributed by atoms with Crippen LogP contribution in [0.25, 0.3) is 0 Å². The topological polar surface area (TPSA) is 82.1 Å². The number of benzene rings is 2. The largest absolute Gasteiger partial charge is 0.343 e. The first-order valence-electron chi connectivity index (χ1n) is 11.0. The molecule has 4 rings (SSSR count). The van der Waals surface area contributed by atoms with Crippen molar-refractivity contribution in [2.75, 3.05) is 25.0 Å². The van der Waals surface area contributed by atoms with Gasteiger partial charge in [0.25, 0.3) is 0 Å². The van der Waals surface area contributed by atoms with Gasteiger partial charge in [0, 0.05) is 43.2 Å². The van der Waals surface area contributed by atoms with Crippen LogP contribution in [-0.4, -0.2) is 57.6 Å². The van der Waals surface area contributed by atoms with Crippen molar-refractivity contribution in [1.82, 2.24) is 9.80 Å². The Balaban J connectivity index is 1.44. The number of hydrogen-bond donors (Lipinski definition) is 1. The number of aliphatic imine (C=N–C) groups is 1. The van der Waals surface area contributed by atoms with Crippen LogP contribution in [0.15, 0.2) is 53.5 Å². The number of halogens is 2. The predicted molar refractivity (Wildman–Crippen MR) is 132 cm³/mol. The van der Waals surface area contributed by atoms with Crippen molar-refractivity contribution in [3.05, 3.63) is 59.4 Å². The molecule has 2 aliphatic rings. The van der Waals surface area contributed by atoms with E-state index in [2.05, 4.69) is 10.3 Å². The molecule has 0 bridgehead atoms. The molecule has 2 saturated heterocycles. The summed E-state index contributed by atoms with van der Waals surface area (Å²) in [5, 5.41) is 3.17. The SMILES string of the molecule is O=C(CC1SC(=Nc2ccc(Cl)cc2)N(CCCN2CCCC2=O)C1=O)Nc1ccc(F)cc1. The van der Waals surface area contributed by atoms with Crippen LogP contribution >= 0.6 is 23.4 Å². The Labute approximate surface area is 206 Å². The quantitative estimate of drug-likeness (QED) is 0.578. The fourth-order valence-corrected chi connectivity index (χ4v) is 5.14. The Bertz CT molecular complexity index is 1090. The summed E-state index contributed by atoms with van der Waals surface area (Å²) >= 11 is 7.21. The lowest BCUT2D eigenvalue weighted by atomic mass is 10.2. The third-order valence-electron chi connectivity index (χ3n) is 5.55. The van der Waals surface area contributed by atoms with Crippen LogP contribution < -0.4 is 5.32 Å². The molecule has 7 nitrogen and oxygen atoms in total. The maximum atomic E-state index is 13.2. The van der Waals surface area contributed by atoms with Crippen molar-refractivity contribution in [2.24, 2.45) is 4.99 Å². The maximum Gasteiger partial charge on any atom is 0.242 e. The Kier molecular flexibility index (Phi) is 7.84. The van der Waals surface area contributed by atoms with Gasteiger partial charge in [0.15, 0.2) is 5.17 Å². The van der Waals surface area contributed by atoms with Crippen LogP contribution in [0.1, 0.15) is 25.7 Å². The Morgan fingerprint density at radius 1 is 1.12 bits per heavy atom. The van der Waals surface area contributed by atoms with E-state index in [4.69, 9.17) is 11.6 Å². The number of amides is 3. The van der Waals surface area contributed by atoms with E-state index in [-0.39, 0.29) is 24.1 Å². The van der Waals surface area contributed by atoms with Crippen molar-refractivity contribution >= 4 is 57.6 Å². The van der Waals surface area contributed by atoms with Gasteiger partial charge < -0.3 is 10.2 Å². The Morgan fingerprint density at radius 2 is 1.85 bits per heavy atom. The molecule has 3 amide bonds. The summed E-state index contributed by atoms with van der Waals surface area (Å²) in [5.74, 6) is -0.783. The Hall–Kier alpha value is -2.91. The number of thioether (sulfide) groups is 1. The van der Waals surface area contributed by atoms with E-state index < -0.39 is 11.1 Å². The number of amidine groups is 1. The van der Waals surface area contributed by atoms with Gasteiger partial charge in [0.05, 0.1) is 5.69 Å². The van der Waals surface area contributed by atoms with Crippen LogP contribution in [0.4, 0.5) is 15.8 Å². The first-order chi connectivity index (χ1) is 16.4. The first kappa shape index (κ1) is 24.2. The molecular formula is C24H24ClFN4O3S. The fourth-order valence-electron chi connectivity index (χ4n) is 3.83. The zero-order valence-electron chi connectivity index (χ0n) is 18.4. The standard InChI is InChI=1S/C24H24ClFN4O3S/c25-16-4-8-19(9-5-16)28-24-30(14-2-13-29-12-1-3-22(29)32)23(33)20(34-24)15-21(31)27-18-10-6-17(26)7-11-18/h4-11,20H,1-3,12-15H2,(H,27,31). The molecular weight excluding hydrogens is 479 g/mol. The molecule has 10 heteroatoms. The highest BCUT2D eigenvalue weighted by Gasteiger charge is 2.39. The molecule has 34 heavy (non-hydrogen) atoms. The van der Waals surface area contributed by atoms with Gasteiger partial charge in [-0.2, -0.15) is 0 Å². The second-order valence-corrected chi connectivity index (χ2v) is 9.67. The zero-order valence-corrected chi connectivity index (χ0v) is 19.9. The van der Waals surface area contributed by atoms with E-state index in [1.165, 1.54) is 36.0 Å². The van der Waals surface area contributed by atoms with Crippen molar-refractivity contribution < 1.29 is 18.8 Å². The summed E-state index contributed by atoms with van der Waals surface area (Å²) in [5.41, 5.74) is 1.11. The summed E-state index contributed by atoms with van der Waals surface area (Å²) < 4.78 is 13.1. The molecule has 1 unspecified atom stereocenters. The van der Waals surface area contributed by atoms with E-state index in [0.717, 1.165) is 13.0 Å². The third-order valence-corrected chi connectivity index (χ3v) is 6.98. The zero-order chi connectivity index (χ0) is 24.1. The molecule has 2 aromatic rings. The number of carbonyl (C=O) groups is 3. The van der Waals surface area contributed by atoms with E-state index >= 15 is 0 Å². The fraction of sp³-hybridized carbons (Fsp3) is 0.333. The number of nitrogens with zero attached hydrogens (tertiary/aromatic N) is 3. The molecule has 1 N–H and O–H groups in total. The van der Waals surface area contributed by atoms with Gasteiger partial charge in [-0.05, 0) is 61.4 Å². The van der Waals surface area contributed by atoms with Crippen molar-refractivity contribution in [1.29, 1.82) is 0 Å². The van der Waals surface area contributed by atoms with Crippen LogP contribution in [0, 0.1) is 5.82 Å². The molecule has 0 radical (unpaired) electrons. The monoisotopic (exact) mass is 502 g/mol. The molecule has 2 aliphatic heterocycles. The molecule has 0 aromatic heterocycles.